The molecule has 2 N–H and O–H groups in total. The van der Waals surface area contributed by atoms with Crippen molar-refractivity contribution in [2.45, 2.75) is 26.8 Å². The number of hydrogen-bond donors (Lipinski definition) is 1. The van der Waals surface area contributed by atoms with Crippen LogP contribution in [0.5, 0.6) is 0 Å². The first kappa shape index (κ1) is 11.7. The first-order valence-electron chi connectivity index (χ1n) is 5.33. The lowest BCUT2D eigenvalue weighted by molar-refractivity contribution is 0.290. The van der Waals surface area contributed by atoms with Crippen LogP contribution in [-0.4, -0.2) is 0 Å². The third-order valence-electron chi connectivity index (χ3n) is 2.77. The Kier molecular flexibility index (Phi) is 2.84. The van der Waals surface area contributed by atoms with E-state index >= 15 is 0 Å². The Balaban J connectivity index is 2.52. The Morgan fingerprint density at radius 1 is 1.31 bits per heavy atom. The second-order valence-electron chi connectivity index (χ2n) is 5.14. The highest BCUT2D eigenvalue weighted by molar-refractivity contribution is 9.10. The summed E-state index contributed by atoms with van der Waals surface area (Å²) < 4.78 is 6.82. The normalized spacial score (nSPS) is 14.3. The molecule has 1 atom stereocenters. The first-order chi connectivity index (χ1) is 7.39. The van der Waals surface area contributed by atoms with Crippen molar-refractivity contribution < 1.29 is 4.42 Å². The number of rotatable bonds is 1. The van der Waals surface area contributed by atoms with Gasteiger partial charge in [0.2, 0.25) is 0 Å². The summed E-state index contributed by atoms with van der Waals surface area (Å²) in [5.74, 6) is 0.842. The summed E-state index contributed by atoms with van der Waals surface area (Å²) in [6.45, 7) is 6.33. The molecule has 2 aromatic rings. The highest BCUT2D eigenvalue weighted by Crippen LogP contribution is 2.35. The first-order valence-corrected chi connectivity index (χ1v) is 6.12. The van der Waals surface area contributed by atoms with Gasteiger partial charge in [-0.1, -0.05) is 42.8 Å². The van der Waals surface area contributed by atoms with Gasteiger partial charge in [0.1, 0.15) is 11.3 Å². The van der Waals surface area contributed by atoms with Crippen molar-refractivity contribution in [2.75, 3.05) is 0 Å². The molecule has 0 spiro atoms. The summed E-state index contributed by atoms with van der Waals surface area (Å²) in [6.07, 6.45) is 0. The lowest BCUT2D eigenvalue weighted by Gasteiger charge is -2.24. The molecule has 2 rings (SSSR count). The van der Waals surface area contributed by atoms with Gasteiger partial charge in [-0.05, 0) is 23.6 Å². The van der Waals surface area contributed by atoms with Gasteiger partial charge in [-0.2, -0.15) is 0 Å². The molecule has 3 heteroatoms. The van der Waals surface area contributed by atoms with Gasteiger partial charge in [0, 0.05) is 9.86 Å². The van der Waals surface area contributed by atoms with Crippen LogP contribution in [0.2, 0.25) is 0 Å². The molecular formula is C13H16BrNO. The molecule has 0 unspecified atom stereocenters. The van der Waals surface area contributed by atoms with Crippen molar-refractivity contribution in [1.29, 1.82) is 0 Å². The standard InChI is InChI=1S/C13H16BrNO/c1-13(2,3)12(15)11-7-8-9(14)5-4-6-10(8)16-11/h4-7,12H,15H2,1-3H3/t12-/m1/s1. The summed E-state index contributed by atoms with van der Waals surface area (Å²) >= 11 is 3.51. The van der Waals surface area contributed by atoms with Crippen molar-refractivity contribution >= 4 is 26.9 Å². The molecule has 1 aromatic heterocycles. The quantitative estimate of drug-likeness (QED) is 0.849. The minimum Gasteiger partial charge on any atom is -0.459 e. The molecule has 86 valence electrons. The van der Waals surface area contributed by atoms with E-state index < -0.39 is 0 Å². The maximum Gasteiger partial charge on any atom is 0.135 e. The van der Waals surface area contributed by atoms with E-state index in [0.29, 0.717) is 0 Å². The summed E-state index contributed by atoms with van der Waals surface area (Å²) in [5.41, 5.74) is 7.06. The Morgan fingerprint density at radius 2 is 2.00 bits per heavy atom. The van der Waals surface area contributed by atoms with E-state index in [1.165, 1.54) is 0 Å². The zero-order chi connectivity index (χ0) is 11.9. The summed E-state index contributed by atoms with van der Waals surface area (Å²) in [4.78, 5) is 0. The van der Waals surface area contributed by atoms with Crippen LogP contribution in [-0.2, 0) is 0 Å². The van der Waals surface area contributed by atoms with Crippen LogP contribution in [0.3, 0.4) is 0 Å². The third kappa shape index (κ3) is 2.02. The van der Waals surface area contributed by atoms with Crippen LogP contribution in [0.1, 0.15) is 32.6 Å². The maximum atomic E-state index is 6.18. The molecule has 0 saturated heterocycles. The average Bonchev–Trinajstić information content (AvgIpc) is 2.60. The predicted octanol–water partition coefficient (Wildman–Crippen LogP) is 4.24. The van der Waals surface area contributed by atoms with Gasteiger partial charge in [0.25, 0.3) is 0 Å². The molecule has 1 heterocycles. The van der Waals surface area contributed by atoms with E-state index in [1.54, 1.807) is 0 Å². The Hall–Kier alpha value is -0.800. The lowest BCUT2D eigenvalue weighted by atomic mass is 9.86. The molecule has 1 aromatic carbocycles. The minimum absolute atomic E-state index is 0.000350. The van der Waals surface area contributed by atoms with Crippen molar-refractivity contribution in [3.05, 3.63) is 34.5 Å². The fourth-order valence-electron chi connectivity index (χ4n) is 1.63. The van der Waals surface area contributed by atoms with Gasteiger partial charge >= 0.3 is 0 Å². The Labute approximate surface area is 104 Å². The molecule has 0 aliphatic heterocycles. The van der Waals surface area contributed by atoms with Crippen molar-refractivity contribution in [3.63, 3.8) is 0 Å². The minimum atomic E-state index is -0.0909. The summed E-state index contributed by atoms with van der Waals surface area (Å²) in [7, 11) is 0. The molecule has 0 aliphatic rings. The van der Waals surface area contributed by atoms with Gasteiger partial charge in [-0.25, -0.2) is 0 Å². The predicted molar refractivity (Wildman–Crippen MR) is 70.3 cm³/mol. The van der Waals surface area contributed by atoms with Crippen LogP contribution in [0.4, 0.5) is 0 Å². The number of hydrogen-bond acceptors (Lipinski definition) is 2. The van der Waals surface area contributed by atoms with Crippen LogP contribution in [0.25, 0.3) is 11.0 Å². The largest absolute Gasteiger partial charge is 0.459 e. The van der Waals surface area contributed by atoms with E-state index in [2.05, 4.69) is 36.7 Å². The van der Waals surface area contributed by atoms with E-state index in [1.807, 2.05) is 24.3 Å². The fraction of sp³-hybridized carbons (Fsp3) is 0.385. The van der Waals surface area contributed by atoms with Crippen molar-refractivity contribution in [1.82, 2.24) is 0 Å². The van der Waals surface area contributed by atoms with Gasteiger partial charge in [-0.3, -0.25) is 0 Å². The topological polar surface area (TPSA) is 39.2 Å². The molecule has 0 fully saturated rings. The summed E-state index contributed by atoms with van der Waals surface area (Å²) in [5, 5.41) is 1.08. The fourth-order valence-corrected chi connectivity index (χ4v) is 2.09. The number of benzene rings is 1. The molecule has 2 nitrogen and oxygen atoms in total. The van der Waals surface area contributed by atoms with E-state index in [9.17, 15) is 0 Å². The number of nitrogens with two attached hydrogens (primary N) is 1. The highest BCUT2D eigenvalue weighted by atomic mass is 79.9. The third-order valence-corrected chi connectivity index (χ3v) is 3.46. The Morgan fingerprint density at radius 3 is 2.56 bits per heavy atom. The smallest absolute Gasteiger partial charge is 0.135 e. The lowest BCUT2D eigenvalue weighted by Crippen LogP contribution is -2.25. The number of furan rings is 1. The average molecular weight is 282 g/mol. The number of halogens is 1. The molecule has 0 bridgehead atoms. The van der Waals surface area contributed by atoms with E-state index in [0.717, 1.165) is 21.2 Å². The zero-order valence-electron chi connectivity index (χ0n) is 9.75. The van der Waals surface area contributed by atoms with Gasteiger partial charge in [0.15, 0.2) is 0 Å². The molecule has 0 saturated carbocycles. The van der Waals surface area contributed by atoms with Gasteiger partial charge in [0.05, 0.1) is 6.04 Å². The van der Waals surface area contributed by atoms with Crippen LogP contribution < -0.4 is 5.73 Å². The second kappa shape index (κ2) is 3.90. The molecule has 0 amide bonds. The molecule has 0 radical (unpaired) electrons. The summed E-state index contributed by atoms with van der Waals surface area (Å²) in [6, 6.07) is 7.85. The van der Waals surface area contributed by atoms with Crippen molar-refractivity contribution in [2.24, 2.45) is 11.1 Å². The van der Waals surface area contributed by atoms with Gasteiger partial charge < -0.3 is 10.2 Å². The van der Waals surface area contributed by atoms with Gasteiger partial charge in [-0.15, -0.1) is 0 Å². The number of fused-ring (bicyclic) bond motifs is 1. The maximum absolute atomic E-state index is 6.18. The highest BCUT2D eigenvalue weighted by Gasteiger charge is 2.25. The monoisotopic (exact) mass is 281 g/mol. The molecule has 0 aliphatic carbocycles. The van der Waals surface area contributed by atoms with E-state index in [4.69, 9.17) is 10.2 Å². The zero-order valence-corrected chi connectivity index (χ0v) is 11.3. The SMILES string of the molecule is CC(C)(C)[C@H](N)c1cc2c(Br)cccc2o1. The molecular weight excluding hydrogens is 266 g/mol. The van der Waals surface area contributed by atoms with Crippen LogP contribution in [0, 0.1) is 5.41 Å². The molecule has 16 heavy (non-hydrogen) atoms. The van der Waals surface area contributed by atoms with E-state index in [-0.39, 0.29) is 11.5 Å². The second-order valence-corrected chi connectivity index (χ2v) is 6.00. The van der Waals surface area contributed by atoms with Crippen LogP contribution >= 0.6 is 15.9 Å². The Bertz CT molecular complexity index is 510. The van der Waals surface area contributed by atoms with Crippen LogP contribution in [0.15, 0.2) is 33.2 Å². The van der Waals surface area contributed by atoms with Crippen molar-refractivity contribution in [3.8, 4) is 0 Å².